The van der Waals surface area contributed by atoms with Crippen molar-refractivity contribution >= 4 is 17.5 Å². The van der Waals surface area contributed by atoms with Crippen molar-refractivity contribution in [3.8, 4) is 6.07 Å². The first kappa shape index (κ1) is 15.0. The molecule has 0 radical (unpaired) electrons. The van der Waals surface area contributed by atoms with Crippen LogP contribution < -0.4 is 5.32 Å². The molecule has 1 fully saturated rings. The van der Waals surface area contributed by atoms with Crippen LogP contribution in [0.4, 0.5) is 5.69 Å². The molecule has 0 saturated carbocycles. The second-order valence-electron chi connectivity index (χ2n) is 5.11. The maximum Gasteiger partial charge on any atom is 0.241 e. The first-order valence-corrected chi connectivity index (χ1v) is 6.81. The van der Waals surface area contributed by atoms with Gasteiger partial charge in [-0.05, 0) is 19.1 Å². The summed E-state index contributed by atoms with van der Waals surface area (Å²) in [6.07, 6.45) is 0. The standard InChI is InChI=1S/C15H18N4O2/c1-11(19-8-7-18(2)14(20)10-19)15(21)17-13-6-4-3-5-12(13)9-16/h3-6,11H,7-8,10H2,1-2H3,(H,17,21). The van der Waals surface area contributed by atoms with E-state index >= 15 is 0 Å². The quantitative estimate of drug-likeness (QED) is 0.885. The van der Waals surface area contributed by atoms with Crippen molar-refractivity contribution in [2.75, 3.05) is 32.0 Å². The predicted molar refractivity (Wildman–Crippen MR) is 78.5 cm³/mol. The summed E-state index contributed by atoms with van der Waals surface area (Å²) in [4.78, 5) is 27.5. The Balaban J connectivity index is 2.03. The SMILES string of the molecule is CC(C(=O)Nc1ccccc1C#N)N1CCN(C)C(=O)C1. The van der Waals surface area contributed by atoms with E-state index < -0.39 is 6.04 Å². The third-order valence-corrected chi connectivity index (χ3v) is 3.72. The van der Waals surface area contributed by atoms with Crippen LogP contribution in [0.1, 0.15) is 12.5 Å². The number of benzene rings is 1. The number of likely N-dealkylation sites (N-methyl/N-ethyl adjacent to an activating group) is 1. The minimum Gasteiger partial charge on any atom is -0.343 e. The molecular formula is C15H18N4O2. The van der Waals surface area contributed by atoms with Crippen LogP contribution in [0.2, 0.25) is 0 Å². The number of hydrogen-bond acceptors (Lipinski definition) is 4. The van der Waals surface area contributed by atoms with E-state index in [1.807, 2.05) is 11.0 Å². The third-order valence-electron chi connectivity index (χ3n) is 3.72. The van der Waals surface area contributed by atoms with Gasteiger partial charge >= 0.3 is 0 Å². The van der Waals surface area contributed by atoms with E-state index in [1.54, 1.807) is 43.1 Å². The summed E-state index contributed by atoms with van der Waals surface area (Å²) in [5.41, 5.74) is 0.921. The molecular weight excluding hydrogens is 268 g/mol. The molecule has 1 heterocycles. The topological polar surface area (TPSA) is 76.4 Å². The van der Waals surface area contributed by atoms with E-state index in [-0.39, 0.29) is 18.4 Å². The van der Waals surface area contributed by atoms with Gasteiger partial charge in [0.25, 0.3) is 0 Å². The Morgan fingerprint density at radius 2 is 2.10 bits per heavy atom. The number of nitriles is 1. The molecule has 2 amide bonds. The van der Waals surface area contributed by atoms with Gasteiger partial charge in [0.2, 0.25) is 11.8 Å². The average molecular weight is 286 g/mol. The highest BCUT2D eigenvalue weighted by atomic mass is 16.2. The summed E-state index contributed by atoms with van der Waals surface area (Å²) in [5.74, 6) is -0.201. The van der Waals surface area contributed by atoms with E-state index in [2.05, 4.69) is 5.32 Å². The van der Waals surface area contributed by atoms with Crippen molar-refractivity contribution in [3.05, 3.63) is 29.8 Å². The van der Waals surface area contributed by atoms with Crippen molar-refractivity contribution in [2.24, 2.45) is 0 Å². The predicted octanol–water partition coefficient (Wildman–Crippen LogP) is 0.659. The fraction of sp³-hybridized carbons (Fsp3) is 0.400. The van der Waals surface area contributed by atoms with Gasteiger partial charge in [0.15, 0.2) is 0 Å². The first-order valence-electron chi connectivity index (χ1n) is 6.81. The lowest BCUT2D eigenvalue weighted by molar-refractivity contribution is -0.136. The molecule has 1 aromatic carbocycles. The summed E-state index contributed by atoms with van der Waals surface area (Å²) < 4.78 is 0. The third kappa shape index (κ3) is 3.38. The van der Waals surface area contributed by atoms with Crippen LogP contribution in [-0.4, -0.2) is 54.3 Å². The molecule has 2 rings (SSSR count). The lowest BCUT2D eigenvalue weighted by Crippen LogP contribution is -2.54. The van der Waals surface area contributed by atoms with Gasteiger partial charge < -0.3 is 10.2 Å². The summed E-state index contributed by atoms with van der Waals surface area (Å²) in [6, 6.07) is 8.48. The smallest absolute Gasteiger partial charge is 0.241 e. The van der Waals surface area contributed by atoms with Crippen LogP contribution in [-0.2, 0) is 9.59 Å². The van der Waals surface area contributed by atoms with E-state index in [0.29, 0.717) is 24.3 Å². The number of anilines is 1. The highest BCUT2D eigenvalue weighted by Gasteiger charge is 2.28. The summed E-state index contributed by atoms with van der Waals surface area (Å²) in [7, 11) is 1.76. The van der Waals surface area contributed by atoms with Gasteiger partial charge in [-0.3, -0.25) is 14.5 Å². The second-order valence-corrected chi connectivity index (χ2v) is 5.11. The van der Waals surface area contributed by atoms with Crippen molar-refractivity contribution in [2.45, 2.75) is 13.0 Å². The molecule has 0 bridgehead atoms. The lowest BCUT2D eigenvalue weighted by Gasteiger charge is -2.35. The maximum absolute atomic E-state index is 12.3. The molecule has 1 aromatic rings. The molecule has 1 saturated heterocycles. The molecule has 1 aliphatic heterocycles. The zero-order valence-corrected chi connectivity index (χ0v) is 12.2. The molecule has 110 valence electrons. The van der Waals surface area contributed by atoms with Crippen LogP contribution in [0.15, 0.2) is 24.3 Å². The zero-order valence-electron chi connectivity index (χ0n) is 12.2. The minimum atomic E-state index is -0.422. The Labute approximate surface area is 123 Å². The second kappa shape index (κ2) is 6.37. The molecule has 21 heavy (non-hydrogen) atoms. The van der Waals surface area contributed by atoms with Gasteiger partial charge in [0.1, 0.15) is 6.07 Å². The molecule has 6 nitrogen and oxygen atoms in total. The fourth-order valence-electron chi connectivity index (χ4n) is 2.20. The van der Waals surface area contributed by atoms with E-state index in [9.17, 15) is 9.59 Å². The summed E-state index contributed by atoms with van der Waals surface area (Å²) in [6.45, 7) is 3.29. The number of rotatable bonds is 3. The van der Waals surface area contributed by atoms with E-state index in [4.69, 9.17) is 5.26 Å². The van der Waals surface area contributed by atoms with Crippen molar-refractivity contribution in [1.82, 2.24) is 9.80 Å². The van der Waals surface area contributed by atoms with Gasteiger partial charge in [-0.25, -0.2) is 0 Å². The van der Waals surface area contributed by atoms with E-state index in [1.165, 1.54) is 0 Å². The van der Waals surface area contributed by atoms with Crippen LogP contribution in [0, 0.1) is 11.3 Å². The Morgan fingerprint density at radius 3 is 2.76 bits per heavy atom. The Hall–Kier alpha value is -2.39. The molecule has 1 aliphatic rings. The lowest BCUT2D eigenvalue weighted by atomic mass is 10.1. The normalized spacial score (nSPS) is 17.2. The van der Waals surface area contributed by atoms with Crippen LogP contribution in [0.25, 0.3) is 0 Å². The zero-order chi connectivity index (χ0) is 15.4. The number of para-hydroxylation sites is 1. The van der Waals surface area contributed by atoms with Gasteiger partial charge in [0.05, 0.1) is 23.8 Å². The Morgan fingerprint density at radius 1 is 1.38 bits per heavy atom. The number of carbonyl (C=O) groups excluding carboxylic acids is 2. The highest BCUT2D eigenvalue weighted by Crippen LogP contribution is 2.15. The van der Waals surface area contributed by atoms with Crippen molar-refractivity contribution in [3.63, 3.8) is 0 Å². The fourth-order valence-corrected chi connectivity index (χ4v) is 2.20. The van der Waals surface area contributed by atoms with Crippen LogP contribution in [0.3, 0.4) is 0 Å². The molecule has 0 aliphatic carbocycles. The van der Waals surface area contributed by atoms with Gasteiger partial charge in [-0.2, -0.15) is 5.26 Å². The number of nitrogens with one attached hydrogen (secondary N) is 1. The largest absolute Gasteiger partial charge is 0.343 e. The number of amides is 2. The molecule has 6 heteroatoms. The minimum absolute atomic E-state index is 0.0123. The van der Waals surface area contributed by atoms with Crippen molar-refractivity contribution in [1.29, 1.82) is 5.26 Å². The molecule has 1 unspecified atom stereocenters. The number of nitrogens with zero attached hydrogens (tertiary/aromatic N) is 3. The average Bonchev–Trinajstić information content (AvgIpc) is 2.49. The first-order chi connectivity index (χ1) is 10.0. The van der Waals surface area contributed by atoms with Crippen molar-refractivity contribution < 1.29 is 9.59 Å². The maximum atomic E-state index is 12.3. The van der Waals surface area contributed by atoms with Gasteiger partial charge in [0, 0.05) is 20.1 Å². The van der Waals surface area contributed by atoms with Crippen LogP contribution in [0.5, 0.6) is 0 Å². The van der Waals surface area contributed by atoms with Gasteiger partial charge in [-0.1, -0.05) is 12.1 Å². The Kier molecular flexibility index (Phi) is 4.55. The summed E-state index contributed by atoms with van der Waals surface area (Å²) in [5, 5.41) is 11.8. The van der Waals surface area contributed by atoms with E-state index in [0.717, 1.165) is 0 Å². The molecule has 1 atom stereocenters. The number of carbonyl (C=O) groups is 2. The monoisotopic (exact) mass is 286 g/mol. The van der Waals surface area contributed by atoms with Crippen LogP contribution >= 0.6 is 0 Å². The molecule has 1 N–H and O–H groups in total. The molecule has 0 spiro atoms. The van der Waals surface area contributed by atoms with Gasteiger partial charge in [-0.15, -0.1) is 0 Å². The highest BCUT2D eigenvalue weighted by molar-refractivity contribution is 5.96. The molecule has 0 aromatic heterocycles. The Bertz CT molecular complexity index is 594. The number of hydrogen-bond donors (Lipinski definition) is 1. The summed E-state index contributed by atoms with van der Waals surface area (Å²) >= 11 is 0. The number of piperazine rings is 1.